The van der Waals surface area contributed by atoms with Gasteiger partial charge in [0.25, 0.3) is 0 Å². The number of nitrogens with zero attached hydrogens (tertiary/aromatic N) is 3. The summed E-state index contributed by atoms with van der Waals surface area (Å²) >= 11 is 0. The summed E-state index contributed by atoms with van der Waals surface area (Å²) in [5.41, 5.74) is 1.77. The minimum absolute atomic E-state index is 0.243. The lowest BCUT2D eigenvalue weighted by molar-refractivity contribution is -1.06. The van der Waals surface area contributed by atoms with Crippen LogP contribution in [-0.2, 0) is 11.4 Å². The van der Waals surface area contributed by atoms with E-state index < -0.39 is 0 Å². The topological polar surface area (TPSA) is 67.4 Å². The van der Waals surface area contributed by atoms with Crippen LogP contribution in [0.15, 0.2) is 30.9 Å². The predicted octanol–water partition coefficient (Wildman–Crippen LogP) is 0.0198. The molecule has 0 aliphatic rings. The molecule has 0 aliphatic heterocycles. The van der Waals surface area contributed by atoms with E-state index >= 15 is 0 Å². The van der Waals surface area contributed by atoms with E-state index in [2.05, 4.69) is 14.8 Å². The van der Waals surface area contributed by atoms with Gasteiger partial charge in [-0.1, -0.05) is 0 Å². The van der Waals surface area contributed by atoms with Crippen LogP contribution < -0.4 is 5.23 Å². The van der Waals surface area contributed by atoms with Crippen molar-refractivity contribution < 1.29 is 10.1 Å². The van der Waals surface area contributed by atoms with Crippen LogP contribution in [0.1, 0.15) is 11.3 Å². The Morgan fingerprint density at radius 1 is 1.41 bits per heavy atom. The number of aryl methyl sites for hydroxylation is 1. The Morgan fingerprint density at radius 2 is 2.24 bits per heavy atom. The SMILES string of the molecule is CO[NH+]([O-])Cc1ccc(-n2cnc(C)c2)nc1. The first-order valence-corrected chi connectivity index (χ1v) is 5.22. The lowest BCUT2D eigenvalue weighted by Crippen LogP contribution is -3.04. The van der Waals surface area contributed by atoms with Crippen LogP contribution in [0.5, 0.6) is 0 Å². The van der Waals surface area contributed by atoms with E-state index in [0.717, 1.165) is 17.1 Å². The molecule has 6 nitrogen and oxygen atoms in total. The van der Waals surface area contributed by atoms with E-state index in [1.807, 2.05) is 29.8 Å². The first-order valence-electron chi connectivity index (χ1n) is 5.22. The van der Waals surface area contributed by atoms with E-state index in [9.17, 15) is 5.21 Å². The first kappa shape index (κ1) is 11.7. The van der Waals surface area contributed by atoms with Gasteiger partial charge in [0, 0.05) is 18.0 Å². The van der Waals surface area contributed by atoms with Gasteiger partial charge in [-0.25, -0.2) is 20.0 Å². The molecule has 0 fully saturated rings. The highest BCUT2D eigenvalue weighted by atomic mass is 16.9. The summed E-state index contributed by atoms with van der Waals surface area (Å²) in [7, 11) is 1.37. The third-order valence-electron chi connectivity index (χ3n) is 2.36. The summed E-state index contributed by atoms with van der Waals surface area (Å²) in [5, 5.41) is 10.8. The molecule has 1 N–H and O–H groups in total. The molecule has 0 aliphatic carbocycles. The molecule has 6 heteroatoms. The van der Waals surface area contributed by atoms with Crippen molar-refractivity contribution in [1.29, 1.82) is 0 Å². The van der Waals surface area contributed by atoms with Gasteiger partial charge >= 0.3 is 0 Å². The monoisotopic (exact) mass is 234 g/mol. The van der Waals surface area contributed by atoms with E-state index in [1.54, 1.807) is 12.5 Å². The molecule has 2 aromatic rings. The Bertz CT molecular complexity index is 480. The molecule has 0 spiro atoms. The molecule has 0 amide bonds. The average molecular weight is 234 g/mol. The number of pyridine rings is 1. The highest BCUT2D eigenvalue weighted by molar-refractivity contribution is 5.25. The quantitative estimate of drug-likeness (QED) is 0.757. The van der Waals surface area contributed by atoms with Crippen LogP contribution in [0, 0.1) is 12.1 Å². The molecule has 1 unspecified atom stereocenters. The van der Waals surface area contributed by atoms with Crippen LogP contribution in [0.25, 0.3) is 5.82 Å². The van der Waals surface area contributed by atoms with Crippen LogP contribution in [0.3, 0.4) is 0 Å². The molecule has 2 heterocycles. The van der Waals surface area contributed by atoms with Crippen molar-refractivity contribution in [2.24, 2.45) is 0 Å². The summed E-state index contributed by atoms with van der Waals surface area (Å²) in [6.07, 6.45) is 5.27. The molecule has 90 valence electrons. The van der Waals surface area contributed by atoms with Crippen LogP contribution in [0.4, 0.5) is 0 Å². The Balaban J connectivity index is 2.13. The van der Waals surface area contributed by atoms with Gasteiger partial charge in [0.15, 0.2) is 0 Å². The number of hydrogen-bond donors (Lipinski definition) is 1. The number of hydrogen-bond acceptors (Lipinski definition) is 4. The van der Waals surface area contributed by atoms with Crippen molar-refractivity contribution >= 4 is 0 Å². The summed E-state index contributed by atoms with van der Waals surface area (Å²) in [6, 6.07) is 3.70. The fraction of sp³-hybridized carbons (Fsp3) is 0.273. The number of aromatic nitrogens is 3. The lowest BCUT2D eigenvalue weighted by atomic mass is 10.3. The summed E-state index contributed by atoms with van der Waals surface area (Å²) < 4.78 is 1.83. The van der Waals surface area contributed by atoms with Gasteiger partial charge in [-0.05, 0) is 19.1 Å². The first-order chi connectivity index (χ1) is 8.19. The van der Waals surface area contributed by atoms with Gasteiger partial charge in [0.1, 0.15) is 18.7 Å². The fourth-order valence-electron chi connectivity index (χ4n) is 1.46. The third-order valence-corrected chi connectivity index (χ3v) is 2.36. The number of imidazole rings is 1. The molecular weight excluding hydrogens is 220 g/mol. The Kier molecular flexibility index (Phi) is 3.48. The normalized spacial score (nSPS) is 12.6. The molecule has 0 saturated carbocycles. The molecule has 17 heavy (non-hydrogen) atoms. The maximum atomic E-state index is 11.1. The van der Waals surface area contributed by atoms with Gasteiger partial charge < -0.3 is 5.21 Å². The number of quaternary nitrogens is 1. The van der Waals surface area contributed by atoms with Crippen LogP contribution in [0.2, 0.25) is 0 Å². The zero-order valence-electron chi connectivity index (χ0n) is 9.75. The number of hydroxylamine groups is 2. The van der Waals surface area contributed by atoms with Gasteiger partial charge in [0.05, 0.1) is 12.8 Å². The summed E-state index contributed by atoms with van der Waals surface area (Å²) in [5.74, 6) is 0.777. The number of nitrogens with one attached hydrogen (secondary N) is 1. The molecule has 1 atom stereocenters. The van der Waals surface area contributed by atoms with Crippen molar-refractivity contribution in [2.45, 2.75) is 13.5 Å². The molecule has 2 aromatic heterocycles. The van der Waals surface area contributed by atoms with Gasteiger partial charge in [-0.15, -0.1) is 0 Å². The molecule has 2 rings (SSSR count). The van der Waals surface area contributed by atoms with Crippen molar-refractivity contribution in [3.8, 4) is 5.82 Å². The molecule has 0 radical (unpaired) electrons. The van der Waals surface area contributed by atoms with Crippen LogP contribution >= 0.6 is 0 Å². The van der Waals surface area contributed by atoms with E-state index in [0.29, 0.717) is 0 Å². The molecule has 0 aromatic carbocycles. The molecule has 0 saturated heterocycles. The minimum Gasteiger partial charge on any atom is -0.600 e. The highest BCUT2D eigenvalue weighted by Crippen LogP contribution is 2.06. The molecule has 0 bridgehead atoms. The second-order valence-corrected chi connectivity index (χ2v) is 3.70. The second kappa shape index (κ2) is 5.05. The maximum Gasteiger partial charge on any atom is 0.137 e. The largest absolute Gasteiger partial charge is 0.600 e. The van der Waals surface area contributed by atoms with Crippen molar-refractivity contribution in [3.05, 3.63) is 47.3 Å². The van der Waals surface area contributed by atoms with E-state index in [4.69, 9.17) is 0 Å². The third kappa shape index (κ3) is 2.88. The zero-order chi connectivity index (χ0) is 12.3. The summed E-state index contributed by atoms with van der Waals surface area (Å²) in [6.45, 7) is 2.16. The molecular formula is C11H14N4O2. The van der Waals surface area contributed by atoms with E-state index in [1.165, 1.54) is 7.11 Å². The maximum absolute atomic E-state index is 11.1. The Morgan fingerprint density at radius 3 is 2.76 bits per heavy atom. The average Bonchev–Trinajstić information content (AvgIpc) is 2.77. The van der Waals surface area contributed by atoms with E-state index in [-0.39, 0.29) is 11.8 Å². The smallest absolute Gasteiger partial charge is 0.137 e. The number of rotatable bonds is 4. The van der Waals surface area contributed by atoms with Crippen LogP contribution in [-0.4, -0.2) is 21.6 Å². The highest BCUT2D eigenvalue weighted by Gasteiger charge is 2.02. The predicted molar refractivity (Wildman–Crippen MR) is 61.1 cm³/mol. The standard InChI is InChI=1S/C11H14N4O2/c1-9-6-14(8-13-9)11-4-3-10(5-12-11)7-15(16)17-2/h3-6,8,15H,7H2,1-2H3. The van der Waals surface area contributed by atoms with Gasteiger partial charge in [-0.2, -0.15) is 0 Å². The Hall–Kier alpha value is -1.76. The summed E-state index contributed by atoms with van der Waals surface area (Å²) in [4.78, 5) is 13.0. The fourth-order valence-corrected chi connectivity index (χ4v) is 1.46. The van der Waals surface area contributed by atoms with Crippen molar-refractivity contribution in [1.82, 2.24) is 14.5 Å². The minimum atomic E-state index is -0.266. The van der Waals surface area contributed by atoms with Crippen molar-refractivity contribution in [3.63, 3.8) is 0 Å². The van der Waals surface area contributed by atoms with Gasteiger partial charge in [0.2, 0.25) is 0 Å². The second-order valence-electron chi connectivity index (χ2n) is 3.70. The van der Waals surface area contributed by atoms with Crippen molar-refractivity contribution in [2.75, 3.05) is 7.11 Å². The van der Waals surface area contributed by atoms with Gasteiger partial charge in [-0.3, -0.25) is 4.57 Å². The zero-order valence-corrected chi connectivity index (χ0v) is 9.75. The Labute approximate surface area is 99.0 Å². The lowest BCUT2D eigenvalue weighted by Gasteiger charge is -2.16.